The summed E-state index contributed by atoms with van der Waals surface area (Å²) in [5.74, 6) is -0.955. The van der Waals surface area contributed by atoms with E-state index in [-0.39, 0.29) is 5.78 Å². The number of methoxy groups -OCH3 is 1. The lowest BCUT2D eigenvalue weighted by atomic mass is 9.80. The molecule has 5 nitrogen and oxygen atoms in total. The first-order valence-electron chi connectivity index (χ1n) is 11.2. The molecule has 0 spiro atoms. The van der Waals surface area contributed by atoms with Crippen molar-refractivity contribution < 1.29 is 18.5 Å². The predicted molar refractivity (Wildman–Crippen MR) is 128 cm³/mol. The van der Waals surface area contributed by atoms with E-state index in [4.69, 9.17) is 4.74 Å². The summed E-state index contributed by atoms with van der Waals surface area (Å²) in [6.45, 7) is 3.75. The second-order valence-electron chi connectivity index (χ2n) is 9.27. The Bertz CT molecular complexity index is 1290. The molecular formula is C27H27NO4S. The highest BCUT2D eigenvalue weighted by atomic mass is 32.2. The zero-order valence-corrected chi connectivity index (χ0v) is 19.8. The van der Waals surface area contributed by atoms with Gasteiger partial charge in [-0.1, -0.05) is 54.1 Å². The Morgan fingerprint density at radius 1 is 1.06 bits per heavy atom. The van der Waals surface area contributed by atoms with Crippen LogP contribution in [-0.4, -0.2) is 33.4 Å². The van der Waals surface area contributed by atoms with Crippen LogP contribution in [0.1, 0.15) is 36.9 Å². The maximum atomic E-state index is 14.3. The molecular weight excluding hydrogens is 434 g/mol. The summed E-state index contributed by atoms with van der Waals surface area (Å²) in [5.41, 5.74) is 0.775. The highest BCUT2D eigenvalue weighted by Crippen LogP contribution is 2.57. The fourth-order valence-electron chi connectivity index (χ4n) is 5.79. The van der Waals surface area contributed by atoms with Crippen molar-refractivity contribution in [2.45, 2.75) is 47.9 Å². The number of carbonyl (C=O) groups excluding carboxylic acids is 2. The monoisotopic (exact) mass is 461 g/mol. The number of hydrogen-bond acceptors (Lipinski definition) is 5. The SMILES string of the molecule is COC(=O)[C@]1(C)N[C@H](c2ccc3ccccc3c2)[C@]2(S(=O)c3ccc(C)cc3)C(=O)CC[C@@H]21. The zero-order chi connectivity index (χ0) is 23.4. The van der Waals surface area contributed by atoms with Crippen molar-refractivity contribution in [1.29, 1.82) is 0 Å². The first-order chi connectivity index (χ1) is 15.8. The van der Waals surface area contributed by atoms with Crippen LogP contribution in [0, 0.1) is 12.8 Å². The van der Waals surface area contributed by atoms with Crippen LogP contribution < -0.4 is 5.32 Å². The Morgan fingerprint density at radius 2 is 1.76 bits per heavy atom. The minimum Gasteiger partial charge on any atom is -0.468 e. The van der Waals surface area contributed by atoms with Gasteiger partial charge in [0.2, 0.25) is 0 Å². The van der Waals surface area contributed by atoms with E-state index in [1.165, 1.54) is 7.11 Å². The first kappa shape index (κ1) is 22.0. The maximum absolute atomic E-state index is 14.3. The number of fused-ring (bicyclic) bond motifs is 2. The molecule has 1 saturated carbocycles. The Labute approximate surface area is 196 Å². The molecule has 33 heavy (non-hydrogen) atoms. The van der Waals surface area contributed by atoms with E-state index in [1.807, 2.05) is 73.7 Å². The van der Waals surface area contributed by atoms with E-state index < -0.39 is 39.0 Å². The van der Waals surface area contributed by atoms with Crippen molar-refractivity contribution in [3.63, 3.8) is 0 Å². The van der Waals surface area contributed by atoms with E-state index in [1.54, 1.807) is 6.92 Å². The molecule has 1 aliphatic carbocycles. The van der Waals surface area contributed by atoms with Crippen LogP contribution in [0.25, 0.3) is 10.8 Å². The fourth-order valence-corrected chi connectivity index (χ4v) is 7.90. The largest absolute Gasteiger partial charge is 0.468 e. The van der Waals surface area contributed by atoms with Gasteiger partial charge in [-0.05, 0) is 54.8 Å². The quantitative estimate of drug-likeness (QED) is 0.588. The van der Waals surface area contributed by atoms with E-state index in [0.717, 1.165) is 21.9 Å². The van der Waals surface area contributed by atoms with Crippen molar-refractivity contribution >= 4 is 33.3 Å². The number of aryl methyl sites for hydroxylation is 1. The van der Waals surface area contributed by atoms with Crippen molar-refractivity contribution in [1.82, 2.24) is 5.32 Å². The minimum atomic E-state index is -1.67. The Balaban J connectivity index is 1.74. The highest BCUT2D eigenvalue weighted by Gasteiger charge is 2.72. The van der Waals surface area contributed by atoms with Gasteiger partial charge in [0, 0.05) is 17.2 Å². The number of rotatable bonds is 4. The molecule has 0 amide bonds. The molecule has 2 fully saturated rings. The van der Waals surface area contributed by atoms with Crippen molar-refractivity contribution in [2.75, 3.05) is 7.11 Å². The minimum absolute atomic E-state index is 0.0651. The number of ketones is 1. The molecule has 1 N–H and O–H groups in total. The number of esters is 1. The van der Waals surface area contributed by atoms with Crippen LogP contribution in [-0.2, 0) is 25.1 Å². The van der Waals surface area contributed by atoms with Gasteiger partial charge in [0.25, 0.3) is 0 Å². The number of hydrogen-bond donors (Lipinski definition) is 1. The molecule has 0 radical (unpaired) electrons. The average Bonchev–Trinajstić information content (AvgIpc) is 3.33. The molecule has 6 heteroatoms. The number of Topliss-reactive ketones (excluding diaryl/α,β-unsaturated/α-hetero) is 1. The van der Waals surface area contributed by atoms with E-state index in [9.17, 15) is 13.8 Å². The summed E-state index contributed by atoms with van der Waals surface area (Å²) in [4.78, 5) is 27.3. The van der Waals surface area contributed by atoms with Crippen LogP contribution in [0.5, 0.6) is 0 Å². The van der Waals surface area contributed by atoms with Gasteiger partial charge in [0.15, 0.2) is 5.78 Å². The van der Waals surface area contributed by atoms with Crippen LogP contribution in [0.2, 0.25) is 0 Å². The fraction of sp³-hybridized carbons (Fsp3) is 0.333. The Morgan fingerprint density at radius 3 is 2.45 bits per heavy atom. The van der Waals surface area contributed by atoms with Crippen molar-refractivity contribution in [3.05, 3.63) is 77.9 Å². The molecule has 170 valence electrons. The number of ether oxygens (including phenoxy) is 1. The van der Waals surface area contributed by atoms with Gasteiger partial charge in [0.1, 0.15) is 10.3 Å². The second kappa shape index (κ2) is 7.89. The Hall–Kier alpha value is -2.83. The van der Waals surface area contributed by atoms with Crippen LogP contribution >= 0.6 is 0 Å². The maximum Gasteiger partial charge on any atom is 0.326 e. The average molecular weight is 462 g/mol. The smallest absolute Gasteiger partial charge is 0.326 e. The highest BCUT2D eigenvalue weighted by molar-refractivity contribution is 7.87. The summed E-state index contributed by atoms with van der Waals surface area (Å²) in [6, 6.07) is 20.9. The van der Waals surface area contributed by atoms with E-state index in [2.05, 4.69) is 5.32 Å². The second-order valence-corrected chi connectivity index (χ2v) is 11.0. The molecule has 0 aromatic heterocycles. The summed E-state index contributed by atoms with van der Waals surface area (Å²) in [6.07, 6.45) is 0.778. The van der Waals surface area contributed by atoms with Gasteiger partial charge in [0.05, 0.1) is 24.0 Å². The number of carbonyl (C=O) groups is 2. The lowest BCUT2D eigenvalue weighted by molar-refractivity contribution is -0.149. The molecule has 1 heterocycles. The lowest BCUT2D eigenvalue weighted by Crippen LogP contribution is -2.52. The van der Waals surface area contributed by atoms with E-state index >= 15 is 0 Å². The van der Waals surface area contributed by atoms with Crippen LogP contribution in [0.15, 0.2) is 71.6 Å². The molecule has 1 unspecified atom stereocenters. The van der Waals surface area contributed by atoms with Gasteiger partial charge < -0.3 is 4.74 Å². The van der Waals surface area contributed by atoms with E-state index in [0.29, 0.717) is 17.7 Å². The van der Waals surface area contributed by atoms with Gasteiger partial charge in [-0.15, -0.1) is 0 Å². The molecule has 3 aromatic carbocycles. The third-order valence-electron chi connectivity index (χ3n) is 7.44. The standard InChI is InChI=1S/C27H27NO4S/c1-17-8-12-21(13-9-17)33(31)27-22(14-15-23(27)29)26(2,25(30)32-3)28-24(27)20-11-10-18-6-4-5-7-19(18)16-20/h4-13,16,22,24,28H,14-15H2,1-3H3/t22-,24-,26-,27-,33?/m1/s1. The van der Waals surface area contributed by atoms with Gasteiger partial charge in [-0.25, -0.2) is 0 Å². The van der Waals surface area contributed by atoms with Crippen molar-refractivity contribution in [2.24, 2.45) is 5.92 Å². The molecule has 1 saturated heterocycles. The van der Waals surface area contributed by atoms with Gasteiger partial charge >= 0.3 is 5.97 Å². The predicted octanol–water partition coefficient (Wildman–Crippen LogP) is 4.25. The molecule has 5 rings (SSSR count). The van der Waals surface area contributed by atoms with Crippen LogP contribution in [0.4, 0.5) is 0 Å². The third-order valence-corrected chi connectivity index (χ3v) is 9.50. The first-order valence-corrected chi connectivity index (χ1v) is 12.3. The normalized spacial score (nSPS) is 29.7. The lowest BCUT2D eigenvalue weighted by Gasteiger charge is -2.34. The number of benzene rings is 3. The summed E-state index contributed by atoms with van der Waals surface area (Å²) < 4.78 is 18.2. The Kier molecular flexibility index (Phi) is 5.26. The molecule has 1 aliphatic heterocycles. The molecule has 5 atom stereocenters. The van der Waals surface area contributed by atoms with Gasteiger partial charge in [-0.2, -0.15) is 0 Å². The third kappa shape index (κ3) is 3.11. The summed E-state index contributed by atoms with van der Waals surface area (Å²) >= 11 is 0. The van der Waals surface area contributed by atoms with Crippen LogP contribution in [0.3, 0.4) is 0 Å². The van der Waals surface area contributed by atoms with Crippen molar-refractivity contribution in [3.8, 4) is 0 Å². The zero-order valence-electron chi connectivity index (χ0n) is 19.0. The molecule has 0 bridgehead atoms. The summed E-state index contributed by atoms with van der Waals surface area (Å²) in [7, 11) is -0.317. The molecule has 2 aliphatic rings. The number of nitrogens with one attached hydrogen (secondary N) is 1. The topological polar surface area (TPSA) is 72.5 Å². The summed E-state index contributed by atoms with van der Waals surface area (Å²) in [5, 5.41) is 5.56. The molecule has 3 aromatic rings. The van der Waals surface area contributed by atoms with Gasteiger partial charge in [-0.3, -0.25) is 19.1 Å².